The molecule has 1 saturated carbocycles. The average Bonchev–Trinajstić information content (AvgIpc) is 3.00. The fourth-order valence-electron chi connectivity index (χ4n) is 7.05. The highest BCUT2D eigenvalue weighted by Crippen LogP contribution is 2.46. The SMILES string of the molecule is CCOC[C@]1(O)CCC[C@H](C)[C@@H](C)S(=O)(=O)NC(=O)c2ccc3c(c2)N(CCCCc2cc(Cl)ccc2CO3)C[C@@H]2CC[C@H]21. The number of nitrogens with one attached hydrogen (secondary N) is 1. The van der Waals surface area contributed by atoms with Gasteiger partial charge in [0.2, 0.25) is 10.0 Å². The predicted molar refractivity (Wildman–Crippen MR) is 174 cm³/mol. The van der Waals surface area contributed by atoms with Crippen molar-refractivity contribution >= 4 is 33.2 Å². The van der Waals surface area contributed by atoms with Crippen molar-refractivity contribution in [3.8, 4) is 5.75 Å². The zero-order valence-corrected chi connectivity index (χ0v) is 27.8. The van der Waals surface area contributed by atoms with Crippen LogP contribution in [0.1, 0.15) is 87.2 Å². The molecule has 2 heterocycles. The van der Waals surface area contributed by atoms with E-state index in [4.69, 9.17) is 21.1 Å². The third-order valence-electron chi connectivity index (χ3n) is 10.2. The largest absolute Gasteiger partial charge is 0.487 e. The summed E-state index contributed by atoms with van der Waals surface area (Å²) in [4.78, 5) is 15.7. The lowest BCUT2D eigenvalue weighted by Crippen LogP contribution is -2.53. The van der Waals surface area contributed by atoms with E-state index >= 15 is 0 Å². The van der Waals surface area contributed by atoms with E-state index in [-0.39, 0.29) is 29.9 Å². The lowest BCUT2D eigenvalue weighted by molar-refractivity contribution is -0.131. The highest BCUT2D eigenvalue weighted by Gasteiger charge is 2.47. The summed E-state index contributed by atoms with van der Waals surface area (Å²) in [5.41, 5.74) is 2.29. The third kappa shape index (κ3) is 7.38. The molecule has 10 heteroatoms. The Morgan fingerprint density at radius 1 is 1.09 bits per heavy atom. The minimum absolute atomic E-state index is 0.0684. The van der Waals surface area contributed by atoms with Crippen LogP contribution in [-0.4, -0.2) is 56.6 Å². The van der Waals surface area contributed by atoms with E-state index in [1.807, 2.05) is 32.0 Å². The first-order valence-corrected chi connectivity index (χ1v) is 18.1. The number of sulfonamides is 1. The van der Waals surface area contributed by atoms with Crippen molar-refractivity contribution in [3.63, 3.8) is 0 Å². The van der Waals surface area contributed by atoms with Crippen LogP contribution in [0.15, 0.2) is 36.4 Å². The number of ether oxygens (including phenoxy) is 2. The van der Waals surface area contributed by atoms with Crippen LogP contribution in [0, 0.1) is 17.8 Å². The van der Waals surface area contributed by atoms with E-state index in [2.05, 4.69) is 9.62 Å². The van der Waals surface area contributed by atoms with Crippen LogP contribution in [0.2, 0.25) is 5.02 Å². The molecule has 0 radical (unpaired) electrons. The number of hydrogen-bond acceptors (Lipinski definition) is 7. The first-order chi connectivity index (χ1) is 21.0. The zero-order valence-electron chi connectivity index (χ0n) is 26.2. The molecule has 5 rings (SSSR count). The minimum atomic E-state index is -3.93. The van der Waals surface area contributed by atoms with Gasteiger partial charge in [-0.1, -0.05) is 31.0 Å². The Morgan fingerprint density at radius 2 is 1.91 bits per heavy atom. The Balaban J connectivity index is 1.55. The van der Waals surface area contributed by atoms with Gasteiger partial charge in [0.15, 0.2) is 0 Å². The molecule has 8 nitrogen and oxygen atoms in total. The molecule has 5 atom stereocenters. The molecule has 242 valence electrons. The Labute approximate surface area is 267 Å². The normalized spacial score (nSPS) is 29.6. The number of carbonyl (C=O) groups is 1. The lowest BCUT2D eigenvalue weighted by atomic mass is 9.63. The maximum atomic E-state index is 13.4. The Hall–Kier alpha value is -2.33. The van der Waals surface area contributed by atoms with Gasteiger partial charge < -0.3 is 19.5 Å². The number of benzene rings is 2. The summed E-state index contributed by atoms with van der Waals surface area (Å²) in [6.07, 6.45) is 6.51. The maximum absolute atomic E-state index is 13.4. The smallest absolute Gasteiger partial charge is 0.264 e. The molecule has 1 amide bonds. The molecule has 1 aliphatic carbocycles. The lowest BCUT2D eigenvalue weighted by Gasteiger charge is -2.49. The number of aliphatic hydroxyl groups is 1. The molecule has 3 aliphatic rings. The molecule has 2 aliphatic heterocycles. The van der Waals surface area contributed by atoms with Crippen LogP contribution in [0.25, 0.3) is 0 Å². The highest BCUT2D eigenvalue weighted by molar-refractivity contribution is 7.90. The number of anilines is 1. The van der Waals surface area contributed by atoms with Crippen molar-refractivity contribution in [2.75, 3.05) is 31.2 Å². The maximum Gasteiger partial charge on any atom is 0.264 e. The standard InChI is InChI=1S/C34H47ClN2O6S/c1-4-42-22-34(39)16-7-8-23(2)24(3)44(40,41)36-33(38)26-12-15-32-31(19-26)37(20-27-11-14-30(27)34)17-6-5-9-25-18-29(35)13-10-28(25)21-43-32/h10,12-13,15,18-19,23-24,27,30,39H,4-9,11,14,16-17,20-22H2,1-3H3,(H,36,38)/t23-,24+,27-,30+,34+/m0/s1. The second kappa shape index (κ2) is 14.0. The number of carbonyl (C=O) groups excluding carboxylic acids is 1. The highest BCUT2D eigenvalue weighted by atomic mass is 35.5. The summed E-state index contributed by atoms with van der Waals surface area (Å²) in [7, 11) is -3.93. The first kappa shape index (κ1) is 33.0. The Bertz CT molecular complexity index is 1430. The van der Waals surface area contributed by atoms with Gasteiger partial charge >= 0.3 is 0 Å². The molecule has 0 unspecified atom stereocenters. The van der Waals surface area contributed by atoms with Gasteiger partial charge in [-0.3, -0.25) is 4.79 Å². The second-order valence-electron chi connectivity index (χ2n) is 13.0. The molecule has 0 aromatic heterocycles. The van der Waals surface area contributed by atoms with E-state index in [0.29, 0.717) is 49.8 Å². The Kier molecular flexibility index (Phi) is 10.5. The average molecular weight is 647 g/mol. The fraction of sp³-hybridized carbons (Fsp3) is 0.618. The van der Waals surface area contributed by atoms with Crippen molar-refractivity contribution in [3.05, 3.63) is 58.1 Å². The van der Waals surface area contributed by atoms with E-state index in [9.17, 15) is 18.3 Å². The Morgan fingerprint density at radius 3 is 2.66 bits per heavy atom. The van der Waals surface area contributed by atoms with Crippen molar-refractivity contribution < 1.29 is 27.8 Å². The molecular weight excluding hydrogens is 600 g/mol. The number of halogens is 1. The molecule has 2 bridgehead atoms. The van der Waals surface area contributed by atoms with Crippen LogP contribution in [0.3, 0.4) is 0 Å². The molecule has 1 fully saturated rings. The molecular formula is C34H47ClN2O6S. The molecule has 0 spiro atoms. The van der Waals surface area contributed by atoms with E-state index in [0.717, 1.165) is 49.9 Å². The van der Waals surface area contributed by atoms with Crippen LogP contribution in [0.4, 0.5) is 5.69 Å². The number of nitrogens with zero attached hydrogens (tertiary/aromatic N) is 1. The topological polar surface area (TPSA) is 105 Å². The van der Waals surface area contributed by atoms with Gasteiger partial charge in [-0.2, -0.15) is 0 Å². The van der Waals surface area contributed by atoms with Crippen molar-refractivity contribution in [1.82, 2.24) is 4.72 Å². The van der Waals surface area contributed by atoms with E-state index < -0.39 is 26.8 Å². The monoisotopic (exact) mass is 646 g/mol. The van der Waals surface area contributed by atoms with Gasteiger partial charge in [-0.25, -0.2) is 13.1 Å². The number of amides is 1. The number of rotatable bonds is 3. The van der Waals surface area contributed by atoms with E-state index in [1.165, 1.54) is 5.56 Å². The summed E-state index contributed by atoms with van der Waals surface area (Å²) < 4.78 is 41.2. The minimum Gasteiger partial charge on any atom is -0.487 e. The quantitative estimate of drug-likeness (QED) is 0.414. The van der Waals surface area contributed by atoms with Crippen molar-refractivity contribution in [1.29, 1.82) is 0 Å². The summed E-state index contributed by atoms with van der Waals surface area (Å²) in [6, 6.07) is 11.1. The van der Waals surface area contributed by atoms with Crippen molar-refractivity contribution in [2.24, 2.45) is 17.8 Å². The summed E-state index contributed by atoms with van der Waals surface area (Å²) in [6.45, 7) is 8.06. The molecule has 44 heavy (non-hydrogen) atoms. The third-order valence-corrected chi connectivity index (χ3v) is 12.3. The summed E-state index contributed by atoms with van der Waals surface area (Å²) >= 11 is 6.33. The van der Waals surface area contributed by atoms with Gasteiger partial charge in [-0.05, 0) is 118 Å². The van der Waals surface area contributed by atoms with Gasteiger partial charge in [0, 0.05) is 30.3 Å². The van der Waals surface area contributed by atoms with Gasteiger partial charge in [0.1, 0.15) is 12.4 Å². The predicted octanol–water partition coefficient (Wildman–Crippen LogP) is 6.12. The number of fused-ring (bicyclic) bond motifs is 3. The van der Waals surface area contributed by atoms with Gasteiger partial charge in [0.05, 0.1) is 23.1 Å². The van der Waals surface area contributed by atoms with Crippen LogP contribution in [-0.2, 0) is 27.8 Å². The number of aryl methyl sites for hydroxylation is 1. The van der Waals surface area contributed by atoms with E-state index in [1.54, 1.807) is 25.1 Å². The summed E-state index contributed by atoms with van der Waals surface area (Å²) in [5, 5.41) is 12.0. The van der Waals surface area contributed by atoms with Gasteiger partial charge in [-0.15, -0.1) is 0 Å². The molecule has 0 saturated heterocycles. The van der Waals surface area contributed by atoms with Crippen LogP contribution in [0.5, 0.6) is 5.75 Å². The number of hydrogen-bond donors (Lipinski definition) is 2. The second-order valence-corrected chi connectivity index (χ2v) is 15.5. The zero-order chi connectivity index (χ0) is 31.5. The van der Waals surface area contributed by atoms with Gasteiger partial charge in [0.25, 0.3) is 5.91 Å². The molecule has 2 aromatic rings. The fourth-order valence-corrected chi connectivity index (χ4v) is 8.56. The molecule has 2 aromatic carbocycles. The van der Waals surface area contributed by atoms with Crippen molar-refractivity contribution in [2.45, 2.75) is 89.6 Å². The van der Waals surface area contributed by atoms with Crippen LogP contribution >= 0.6 is 11.6 Å². The van der Waals surface area contributed by atoms with Crippen LogP contribution < -0.4 is 14.4 Å². The first-order valence-electron chi connectivity index (χ1n) is 16.2. The molecule has 2 N–H and O–H groups in total. The summed E-state index contributed by atoms with van der Waals surface area (Å²) in [5.74, 6) is 0.114.